The molecule has 1 saturated heterocycles. The highest BCUT2D eigenvalue weighted by atomic mass is 32.2. The van der Waals surface area contributed by atoms with Gasteiger partial charge in [-0.25, -0.2) is 13.1 Å². The Hall–Kier alpha value is -3.57. The van der Waals surface area contributed by atoms with Gasteiger partial charge in [0.2, 0.25) is 10.0 Å². The number of pyridine rings is 1. The van der Waals surface area contributed by atoms with Gasteiger partial charge in [-0.05, 0) is 69.5 Å². The van der Waals surface area contributed by atoms with Crippen LogP contribution in [0.25, 0.3) is 11.1 Å². The monoisotopic (exact) mass is 552 g/mol. The fourth-order valence-electron chi connectivity index (χ4n) is 4.30. The number of hydrogen-bond donors (Lipinski definition) is 1. The highest BCUT2D eigenvalue weighted by molar-refractivity contribution is 7.91. The molecule has 2 aromatic heterocycles. The Morgan fingerprint density at radius 2 is 1.77 bits per heavy atom. The van der Waals surface area contributed by atoms with Gasteiger partial charge in [0.1, 0.15) is 5.75 Å². The van der Waals surface area contributed by atoms with E-state index in [2.05, 4.69) is 54.8 Å². The van der Waals surface area contributed by atoms with E-state index in [1.165, 1.54) is 38.0 Å². The van der Waals surface area contributed by atoms with Crippen molar-refractivity contribution in [2.45, 2.75) is 45.9 Å². The van der Waals surface area contributed by atoms with Crippen molar-refractivity contribution in [2.24, 2.45) is 0 Å². The summed E-state index contributed by atoms with van der Waals surface area (Å²) in [5, 5.41) is 8.15. The number of nitrogens with zero attached hydrogens (tertiary/aromatic N) is 5. The lowest BCUT2D eigenvalue weighted by Crippen LogP contribution is -2.46. The van der Waals surface area contributed by atoms with Crippen LogP contribution in [-0.4, -0.2) is 71.9 Å². The SMILES string of the molecule is CCOc1cncc(-c2ccc(CN3CCN(c4ccc(C(=O)NS(=O)(=O)C(C)(C)C)nn4)CC3)cc2C)c1. The quantitative estimate of drug-likeness (QED) is 0.448. The molecule has 0 bridgehead atoms. The first-order valence-electron chi connectivity index (χ1n) is 13.0. The van der Waals surface area contributed by atoms with Gasteiger partial charge in [-0.1, -0.05) is 18.2 Å². The molecule has 4 rings (SSSR count). The summed E-state index contributed by atoms with van der Waals surface area (Å²) in [7, 11) is -3.82. The third kappa shape index (κ3) is 6.90. The first-order chi connectivity index (χ1) is 18.5. The van der Waals surface area contributed by atoms with Gasteiger partial charge in [-0.15, -0.1) is 10.2 Å². The molecular formula is C28H36N6O4S. The molecule has 0 atom stereocenters. The van der Waals surface area contributed by atoms with Crippen LogP contribution in [0.2, 0.25) is 0 Å². The molecule has 0 radical (unpaired) electrons. The molecule has 1 N–H and O–H groups in total. The molecule has 3 aromatic rings. The molecule has 0 aliphatic carbocycles. The Labute approximate surface area is 230 Å². The Kier molecular flexibility index (Phi) is 8.51. The van der Waals surface area contributed by atoms with E-state index in [4.69, 9.17) is 4.74 Å². The lowest BCUT2D eigenvalue weighted by atomic mass is 9.99. The predicted molar refractivity (Wildman–Crippen MR) is 151 cm³/mol. The lowest BCUT2D eigenvalue weighted by Gasteiger charge is -2.35. The second kappa shape index (κ2) is 11.7. The van der Waals surface area contributed by atoms with Gasteiger partial charge in [0.25, 0.3) is 5.91 Å². The summed E-state index contributed by atoms with van der Waals surface area (Å²) in [5.74, 6) is 0.647. The molecule has 11 heteroatoms. The molecule has 1 aliphatic rings. The van der Waals surface area contributed by atoms with Crippen LogP contribution in [0.5, 0.6) is 5.75 Å². The molecule has 39 heavy (non-hydrogen) atoms. The van der Waals surface area contributed by atoms with Crippen LogP contribution in [-0.2, 0) is 16.6 Å². The van der Waals surface area contributed by atoms with E-state index in [1.54, 1.807) is 12.3 Å². The highest BCUT2D eigenvalue weighted by Crippen LogP contribution is 2.27. The van der Waals surface area contributed by atoms with E-state index < -0.39 is 20.7 Å². The number of aromatic nitrogens is 3. The largest absolute Gasteiger partial charge is 0.492 e. The number of ether oxygens (including phenoxy) is 1. The van der Waals surface area contributed by atoms with Crippen molar-refractivity contribution in [3.63, 3.8) is 0 Å². The summed E-state index contributed by atoms with van der Waals surface area (Å²) in [4.78, 5) is 21.2. The molecule has 1 aliphatic heterocycles. The summed E-state index contributed by atoms with van der Waals surface area (Å²) in [6, 6.07) is 11.8. The van der Waals surface area contributed by atoms with Crippen LogP contribution in [0.3, 0.4) is 0 Å². The summed E-state index contributed by atoms with van der Waals surface area (Å²) in [6.07, 6.45) is 3.59. The minimum Gasteiger partial charge on any atom is -0.492 e. The molecule has 10 nitrogen and oxygen atoms in total. The number of nitrogens with one attached hydrogen (secondary N) is 1. The van der Waals surface area contributed by atoms with E-state index in [9.17, 15) is 13.2 Å². The van der Waals surface area contributed by atoms with Crippen molar-refractivity contribution in [3.8, 4) is 16.9 Å². The first-order valence-corrected chi connectivity index (χ1v) is 14.5. The summed E-state index contributed by atoms with van der Waals surface area (Å²) in [6.45, 7) is 13.3. The third-order valence-electron chi connectivity index (χ3n) is 6.64. The molecule has 1 amide bonds. The van der Waals surface area contributed by atoms with E-state index in [-0.39, 0.29) is 5.69 Å². The van der Waals surface area contributed by atoms with Crippen molar-refractivity contribution >= 4 is 21.7 Å². The first kappa shape index (κ1) is 28.4. The maximum atomic E-state index is 12.4. The van der Waals surface area contributed by atoms with Crippen LogP contribution in [0.4, 0.5) is 5.82 Å². The maximum Gasteiger partial charge on any atom is 0.285 e. The molecule has 0 unspecified atom stereocenters. The molecule has 1 fully saturated rings. The fraction of sp³-hybridized carbons (Fsp3) is 0.429. The minimum atomic E-state index is -3.82. The Bertz CT molecular complexity index is 1410. The summed E-state index contributed by atoms with van der Waals surface area (Å²) in [5.41, 5.74) is 4.59. The number of benzene rings is 1. The Morgan fingerprint density at radius 1 is 1.03 bits per heavy atom. The van der Waals surface area contributed by atoms with Crippen LogP contribution in [0.15, 0.2) is 48.8 Å². The smallest absolute Gasteiger partial charge is 0.285 e. The fourth-order valence-corrected chi connectivity index (χ4v) is 4.95. The lowest BCUT2D eigenvalue weighted by molar-refractivity contribution is 0.0974. The van der Waals surface area contributed by atoms with Gasteiger partial charge in [0, 0.05) is 44.5 Å². The van der Waals surface area contributed by atoms with Crippen LogP contribution in [0, 0.1) is 6.92 Å². The maximum absolute atomic E-state index is 12.4. The zero-order chi connectivity index (χ0) is 28.2. The average Bonchev–Trinajstić information content (AvgIpc) is 2.89. The van der Waals surface area contributed by atoms with Gasteiger partial charge < -0.3 is 9.64 Å². The minimum absolute atomic E-state index is 0.0376. The van der Waals surface area contributed by atoms with Gasteiger partial charge in [0.05, 0.1) is 17.6 Å². The zero-order valence-electron chi connectivity index (χ0n) is 23.1. The van der Waals surface area contributed by atoms with Gasteiger partial charge in [-0.2, -0.15) is 0 Å². The average molecular weight is 553 g/mol. The van der Waals surface area contributed by atoms with Gasteiger partial charge >= 0.3 is 0 Å². The van der Waals surface area contributed by atoms with Crippen molar-refractivity contribution in [2.75, 3.05) is 37.7 Å². The number of hydrogen-bond acceptors (Lipinski definition) is 9. The second-order valence-electron chi connectivity index (χ2n) is 10.6. The topological polar surface area (TPSA) is 118 Å². The van der Waals surface area contributed by atoms with Crippen LogP contribution in [0.1, 0.15) is 49.3 Å². The molecule has 0 saturated carbocycles. The second-order valence-corrected chi connectivity index (χ2v) is 13.0. The van der Waals surface area contributed by atoms with E-state index in [1.807, 2.05) is 19.2 Å². The number of carbonyl (C=O) groups excluding carboxylic acids is 1. The summed E-state index contributed by atoms with van der Waals surface area (Å²) >= 11 is 0. The number of aryl methyl sites for hydroxylation is 1. The number of carbonyl (C=O) groups is 1. The Morgan fingerprint density at radius 3 is 2.38 bits per heavy atom. The number of amides is 1. The molecule has 1 aromatic carbocycles. The number of rotatable bonds is 8. The Balaban J connectivity index is 1.32. The van der Waals surface area contributed by atoms with E-state index in [0.717, 1.165) is 49.6 Å². The highest BCUT2D eigenvalue weighted by Gasteiger charge is 2.31. The number of anilines is 1. The molecule has 208 valence electrons. The van der Waals surface area contributed by atoms with Gasteiger partial charge in [-0.3, -0.25) is 14.7 Å². The van der Waals surface area contributed by atoms with E-state index in [0.29, 0.717) is 12.4 Å². The third-order valence-corrected chi connectivity index (χ3v) is 8.71. The standard InChI is InChI=1S/C28H36N6O4S/c1-6-38-23-16-22(17-29-18-23)24-8-7-21(15-20(24)2)19-33-11-13-34(14-12-33)26-10-9-25(30-31-26)27(35)32-39(36,37)28(3,4)5/h7-10,15-18H,6,11-14,19H2,1-5H3,(H,32,35). The molecule has 3 heterocycles. The van der Waals surface area contributed by atoms with Crippen molar-refractivity contribution in [1.82, 2.24) is 24.8 Å². The predicted octanol–water partition coefficient (Wildman–Crippen LogP) is 3.43. The van der Waals surface area contributed by atoms with Crippen LogP contribution < -0.4 is 14.4 Å². The number of piperazine rings is 1. The normalized spacial score (nSPS) is 14.7. The summed E-state index contributed by atoms with van der Waals surface area (Å²) < 4.78 is 31.0. The number of sulfonamides is 1. The van der Waals surface area contributed by atoms with Gasteiger partial charge in [0.15, 0.2) is 11.5 Å². The molecular weight excluding hydrogens is 516 g/mol. The zero-order valence-corrected chi connectivity index (χ0v) is 24.0. The van der Waals surface area contributed by atoms with Crippen LogP contribution >= 0.6 is 0 Å². The van der Waals surface area contributed by atoms with E-state index >= 15 is 0 Å². The van der Waals surface area contributed by atoms with Crippen molar-refractivity contribution in [1.29, 1.82) is 0 Å². The van der Waals surface area contributed by atoms with Crippen molar-refractivity contribution < 1.29 is 17.9 Å². The molecule has 0 spiro atoms. The van der Waals surface area contributed by atoms with Crippen molar-refractivity contribution in [3.05, 3.63) is 65.6 Å².